The number of thiazole rings is 1. The van der Waals surface area contributed by atoms with Crippen molar-refractivity contribution in [2.24, 2.45) is 0 Å². The SMILES string of the molecule is CCOc1cccc2cc(C(=O)Nc3nc4c(Br)cccc4s3)oc12. The Bertz CT molecular complexity index is 1090. The molecule has 1 N–H and O–H groups in total. The number of fused-ring (bicyclic) bond motifs is 2. The molecule has 0 saturated carbocycles. The van der Waals surface area contributed by atoms with Crippen LogP contribution in [0.2, 0.25) is 0 Å². The highest BCUT2D eigenvalue weighted by molar-refractivity contribution is 9.10. The quantitative estimate of drug-likeness (QED) is 0.479. The van der Waals surface area contributed by atoms with Crippen molar-refractivity contribution in [1.29, 1.82) is 0 Å². The summed E-state index contributed by atoms with van der Waals surface area (Å²) in [4.78, 5) is 17.0. The van der Waals surface area contributed by atoms with Gasteiger partial charge in [0.15, 0.2) is 22.2 Å². The number of aromatic nitrogens is 1. The number of anilines is 1. The molecule has 0 aliphatic rings. The van der Waals surface area contributed by atoms with Crippen molar-refractivity contribution in [2.45, 2.75) is 6.92 Å². The second kappa shape index (κ2) is 6.50. The first kappa shape index (κ1) is 16.1. The van der Waals surface area contributed by atoms with Gasteiger partial charge in [0.2, 0.25) is 0 Å². The van der Waals surface area contributed by atoms with Crippen LogP contribution in [0.1, 0.15) is 17.5 Å². The predicted molar refractivity (Wildman–Crippen MR) is 103 cm³/mol. The van der Waals surface area contributed by atoms with Crippen molar-refractivity contribution in [3.8, 4) is 5.75 Å². The molecular formula is C18H13BrN2O3S. The normalized spacial score (nSPS) is 11.1. The number of para-hydroxylation sites is 2. The fourth-order valence-electron chi connectivity index (χ4n) is 2.54. The van der Waals surface area contributed by atoms with E-state index in [2.05, 4.69) is 26.2 Å². The summed E-state index contributed by atoms with van der Waals surface area (Å²) in [6.07, 6.45) is 0. The number of benzene rings is 2. The lowest BCUT2D eigenvalue weighted by atomic mass is 10.2. The minimum atomic E-state index is -0.339. The number of nitrogens with zero attached hydrogens (tertiary/aromatic N) is 1. The van der Waals surface area contributed by atoms with Gasteiger partial charge in [0.05, 0.1) is 16.8 Å². The van der Waals surface area contributed by atoms with E-state index < -0.39 is 0 Å². The first-order valence-corrected chi connectivity index (χ1v) is 9.28. The van der Waals surface area contributed by atoms with Crippen molar-refractivity contribution in [1.82, 2.24) is 4.98 Å². The maximum atomic E-state index is 12.5. The molecule has 2 aromatic carbocycles. The first-order chi connectivity index (χ1) is 12.2. The summed E-state index contributed by atoms with van der Waals surface area (Å²) < 4.78 is 13.1. The van der Waals surface area contributed by atoms with Crippen LogP contribution in [0, 0.1) is 0 Å². The number of hydrogen-bond donors (Lipinski definition) is 1. The smallest absolute Gasteiger partial charge is 0.293 e. The fourth-order valence-corrected chi connectivity index (χ4v) is 4.02. The molecule has 0 spiro atoms. The van der Waals surface area contributed by atoms with Gasteiger partial charge in [-0.1, -0.05) is 29.5 Å². The highest BCUT2D eigenvalue weighted by Gasteiger charge is 2.17. The fraction of sp³-hybridized carbons (Fsp3) is 0.111. The zero-order valence-corrected chi connectivity index (χ0v) is 15.6. The van der Waals surface area contributed by atoms with Crippen LogP contribution in [0.15, 0.2) is 51.4 Å². The summed E-state index contributed by atoms with van der Waals surface area (Å²) >= 11 is 4.88. The van der Waals surface area contributed by atoms with Gasteiger partial charge in [-0.05, 0) is 47.1 Å². The lowest BCUT2D eigenvalue weighted by molar-refractivity contribution is 0.0998. The zero-order valence-electron chi connectivity index (χ0n) is 13.2. The summed E-state index contributed by atoms with van der Waals surface area (Å²) in [6, 6.07) is 13.1. The Hall–Kier alpha value is -2.38. The van der Waals surface area contributed by atoms with Crippen molar-refractivity contribution in [3.05, 3.63) is 52.7 Å². The van der Waals surface area contributed by atoms with E-state index in [-0.39, 0.29) is 11.7 Å². The summed E-state index contributed by atoms with van der Waals surface area (Å²) in [5, 5.41) is 4.15. The van der Waals surface area contributed by atoms with E-state index in [4.69, 9.17) is 9.15 Å². The Morgan fingerprint density at radius 1 is 1.32 bits per heavy atom. The molecule has 4 rings (SSSR count). The van der Waals surface area contributed by atoms with E-state index in [1.54, 1.807) is 6.07 Å². The molecule has 7 heteroatoms. The van der Waals surface area contributed by atoms with Gasteiger partial charge in [-0.25, -0.2) is 4.98 Å². The van der Waals surface area contributed by atoms with Crippen LogP contribution in [0.3, 0.4) is 0 Å². The lowest BCUT2D eigenvalue weighted by Crippen LogP contribution is -2.10. The Morgan fingerprint density at radius 2 is 2.16 bits per heavy atom. The Balaban J connectivity index is 1.65. The number of rotatable bonds is 4. The molecule has 2 aromatic heterocycles. The molecule has 0 bridgehead atoms. The molecule has 126 valence electrons. The van der Waals surface area contributed by atoms with Gasteiger partial charge < -0.3 is 9.15 Å². The maximum absolute atomic E-state index is 12.5. The molecular weight excluding hydrogens is 404 g/mol. The number of carbonyl (C=O) groups is 1. The summed E-state index contributed by atoms with van der Waals surface area (Å²) in [6.45, 7) is 2.43. The number of furan rings is 1. The number of carbonyl (C=O) groups excluding carboxylic acids is 1. The van der Waals surface area contributed by atoms with Crippen LogP contribution < -0.4 is 10.1 Å². The average molecular weight is 417 g/mol. The van der Waals surface area contributed by atoms with Gasteiger partial charge in [-0.3, -0.25) is 10.1 Å². The number of halogens is 1. The maximum Gasteiger partial charge on any atom is 0.293 e. The van der Waals surface area contributed by atoms with E-state index in [0.717, 1.165) is 20.1 Å². The molecule has 0 aliphatic heterocycles. The van der Waals surface area contributed by atoms with E-state index in [1.165, 1.54) is 11.3 Å². The summed E-state index contributed by atoms with van der Waals surface area (Å²) in [7, 11) is 0. The van der Waals surface area contributed by atoms with Crippen LogP contribution in [0.5, 0.6) is 5.75 Å². The van der Waals surface area contributed by atoms with Crippen LogP contribution in [-0.4, -0.2) is 17.5 Å². The number of amides is 1. The molecule has 25 heavy (non-hydrogen) atoms. The highest BCUT2D eigenvalue weighted by Crippen LogP contribution is 2.32. The molecule has 5 nitrogen and oxygen atoms in total. The van der Waals surface area contributed by atoms with Crippen molar-refractivity contribution < 1.29 is 13.9 Å². The summed E-state index contributed by atoms with van der Waals surface area (Å²) in [5.41, 5.74) is 1.40. The van der Waals surface area contributed by atoms with E-state index in [9.17, 15) is 4.79 Å². The van der Waals surface area contributed by atoms with Crippen LogP contribution in [0.25, 0.3) is 21.2 Å². The summed E-state index contributed by atoms with van der Waals surface area (Å²) in [5.74, 6) is 0.511. The zero-order chi connectivity index (χ0) is 17.4. The molecule has 0 saturated heterocycles. The second-order valence-electron chi connectivity index (χ2n) is 5.28. The van der Waals surface area contributed by atoms with Gasteiger partial charge in [0, 0.05) is 9.86 Å². The molecule has 0 radical (unpaired) electrons. The lowest BCUT2D eigenvalue weighted by Gasteiger charge is -2.02. The van der Waals surface area contributed by atoms with Gasteiger partial charge >= 0.3 is 0 Å². The largest absolute Gasteiger partial charge is 0.490 e. The van der Waals surface area contributed by atoms with E-state index >= 15 is 0 Å². The monoisotopic (exact) mass is 416 g/mol. The van der Waals surface area contributed by atoms with Gasteiger partial charge in [0.25, 0.3) is 5.91 Å². The minimum absolute atomic E-state index is 0.223. The highest BCUT2D eigenvalue weighted by atomic mass is 79.9. The Kier molecular flexibility index (Phi) is 4.19. The molecule has 2 heterocycles. The van der Waals surface area contributed by atoms with Crippen LogP contribution in [0.4, 0.5) is 5.13 Å². The third-order valence-corrected chi connectivity index (χ3v) is 5.20. The standard InChI is InChI=1S/C18H13BrN2O3S/c1-2-23-12-7-3-5-10-9-13(24-16(10)12)17(22)21-18-20-15-11(19)6-4-8-14(15)25-18/h3-9H,2H2,1H3,(H,20,21,22). The third kappa shape index (κ3) is 3.01. The van der Waals surface area contributed by atoms with Crippen molar-refractivity contribution in [2.75, 3.05) is 11.9 Å². The minimum Gasteiger partial charge on any atom is -0.490 e. The number of ether oxygens (including phenoxy) is 1. The molecule has 0 aliphatic carbocycles. The Labute approximate surface area is 155 Å². The van der Waals surface area contributed by atoms with Crippen molar-refractivity contribution >= 4 is 59.5 Å². The second-order valence-corrected chi connectivity index (χ2v) is 7.16. The molecule has 0 atom stereocenters. The topological polar surface area (TPSA) is 64.4 Å². The van der Waals surface area contributed by atoms with Gasteiger partial charge in [-0.15, -0.1) is 0 Å². The van der Waals surface area contributed by atoms with Crippen LogP contribution >= 0.6 is 27.3 Å². The first-order valence-electron chi connectivity index (χ1n) is 7.67. The van der Waals surface area contributed by atoms with Crippen LogP contribution in [-0.2, 0) is 0 Å². The van der Waals surface area contributed by atoms with Gasteiger partial charge in [-0.2, -0.15) is 0 Å². The molecule has 1 amide bonds. The number of hydrogen-bond acceptors (Lipinski definition) is 5. The number of nitrogens with one attached hydrogen (secondary N) is 1. The molecule has 4 aromatic rings. The van der Waals surface area contributed by atoms with Crippen molar-refractivity contribution in [3.63, 3.8) is 0 Å². The Morgan fingerprint density at radius 3 is 2.96 bits per heavy atom. The predicted octanol–water partition coefficient (Wildman–Crippen LogP) is 5.46. The van der Waals surface area contributed by atoms with Gasteiger partial charge in [0.1, 0.15) is 0 Å². The van der Waals surface area contributed by atoms with E-state index in [0.29, 0.717) is 23.1 Å². The molecule has 0 unspecified atom stereocenters. The average Bonchev–Trinajstić information content (AvgIpc) is 3.20. The molecule has 0 fully saturated rings. The third-order valence-electron chi connectivity index (χ3n) is 3.62. The van der Waals surface area contributed by atoms with E-state index in [1.807, 2.05) is 43.3 Å².